The third-order valence-electron chi connectivity index (χ3n) is 1.07. The highest BCUT2D eigenvalue weighted by Gasteiger charge is 1.89. The molecule has 0 atom stereocenters. The molecule has 5 N–H and O–H groups in total. The van der Waals surface area contributed by atoms with Crippen molar-refractivity contribution >= 4 is 11.8 Å². The van der Waals surface area contributed by atoms with Crippen LogP contribution in [-0.4, -0.2) is 41.8 Å². The van der Waals surface area contributed by atoms with Gasteiger partial charge in [0, 0.05) is 26.5 Å². The molecule has 0 saturated heterocycles. The minimum absolute atomic E-state index is 0.0135. The Morgan fingerprint density at radius 1 is 1.29 bits per heavy atom. The van der Waals surface area contributed by atoms with Gasteiger partial charge in [-0.3, -0.25) is 9.59 Å². The number of carbonyl (C=O) groups is 2. The quantitative estimate of drug-likeness (QED) is 0.432. The Morgan fingerprint density at radius 2 is 1.86 bits per heavy atom. The third-order valence-corrected chi connectivity index (χ3v) is 1.07. The van der Waals surface area contributed by atoms with Gasteiger partial charge in [-0.2, -0.15) is 0 Å². The average molecular weight is 206 g/mol. The van der Waals surface area contributed by atoms with Crippen LogP contribution in [0.15, 0.2) is 0 Å². The Hall–Kier alpha value is -1.14. The maximum absolute atomic E-state index is 9.98. The third kappa shape index (κ3) is 22.4. The summed E-state index contributed by atoms with van der Waals surface area (Å²) in [5, 5.41) is 18.6. The summed E-state index contributed by atoms with van der Waals surface area (Å²) in [4.78, 5) is 19.8. The van der Waals surface area contributed by atoms with Crippen molar-refractivity contribution in [1.29, 1.82) is 0 Å². The highest BCUT2D eigenvalue weighted by molar-refractivity contribution is 5.73. The van der Waals surface area contributed by atoms with Crippen molar-refractivity contribution in [3.63, 3.8) is 0 Å². The second-order valence-electron chi connectivity index (χ2n) is 2.50. The van der Waals surface area contributed by atoms with Gasteiger partial charge in [0.05, 0.1) is 6.61 Å². The zero-order chi connectivity index (χ0) is 11.4. The Bertz CT molecular complexity index is 143. The van der Waals surface area contributed by atoms with Crippen molar-refractivity contribution < 1.29 is 19.8 Å². The highest BCUT2D eigenvalue weighted by Crippen LogP contribution is 1.81. The van der Waals surface area contributed by atoms with E-state index in [9.17, 15) is 9.59 Å². The number of aliphatic hydroxyl groups excluding tert-OH is 2. The van der Waals surface area contributed by atoms with E-state index in [0.717, 1.165) is 0 Å². The van der Waals surface area contributed by atoms with Gasteiger partial charge in [-0.25, -0.2) is 0 Å². The molecule has 0 aliphatic heterocycles. The molecule has 0 saturated carbocycles. The first-order valence-electron chi connectivity index (χ1n) is 4.29. The molecule has 0 aliphatic carbocycles. The first-order chi connectivity index (χ1) is 6.54. The second kappa shape index (κ2) is 11.9. The fraction of sp³-hybridized carbons (Fsp3) is 0.750. The largest absolute Gasteiger partial charge is 0.396 e. The Morgan fingerprint density at radius 3 is 2.00 bits per heavy atom. The van der Waals surface area contributed by atoms with Crippen LogP contribution in [0.5, 0.6) is 0 Å². The van der Waals surface area contributed by atoms with Crippen LogP contribution in [-0.2, 0) is 9.59 Å². The zero-order valence-electron chi connectivity index (χ0n) is 8.32. The van der Waals surface area contributed by atoms with E-state index in [1.807, 2.05) is 0 Å². The molecule has 0 aromatic carbocycles. The van der Waals surface area contributed by atoms with Crippen LogP contribution in [0.3, 0.4) is 0 Å². The lowest BCUT2D eigenvalue weighted by atomic mass is 10.3. The second-order valence-corrected chi connectivity index (χ2v) is 2.50. The number of aliphatic hydroxyl groups is 2. The van der Waals surface area contributed by atoms with E-state index in [4.69, 9.17) is 15.9 Å². The number of hydrogen-bond acceptors (Lipinski definition) is 4. The summed E-state index contributed by atoms with van der Waals surface area (Å²) in [5.41, 5.74) is 4.73. The highest BCUT2D eigenvalue weighted by atomic mass is 16.3. The first-order valence-corrected chi connectivity index (χ1v) is 4.29. The Kier molecular flexibility index (Phi) is 13.0. The van der Waals surface area contributed by atoms with Gasteiger partial charge >= 0.3 is 0 Å². The molecule has 0 aromatic heterocycles. The van der Waals surface area contributed by atoms with Crippen LogP contribution in [0.1, 0.15) is 19.8 Å². The molecule has 6 nitrogen and oxygen atoms in total. The van der Waals surface area contributed by atoms with E-state index in [1.54, 1.807) is 0 Å². The van der Waals surface area contributed by atoms with Crippen molar-refractivity contribution in [3.8, 4) is 0 Å². The van der Waals surface area contributed by atoms with E-state index in [2.05, 4.69) is 5.32 Å². The molecule has 0 spiro atoms. The van der Waals surface area contributed by atoms with Gasteiger partial charge in [0.1, 0.15) is 0 Å². The molecule has 6 heteroatoms. The van der Waals surface area contributed by atoms with E-state index in [1.165, 1.54) is 6.92 Å². The summed E-state index contributed by atoms with van der Waals surface area (Å²) in [6.07, 6.45) is 0.770. The number of rotatable bonds is 5. The summed E-state index contributed by atoms with van der Waals surface area (Å²) in [7, 11) is 0. The van der Waals surface area contributed by atoms with E-state index in [-0.39, 0.29) is 31.4 Å². The van der Waals surface area contributed by atoms with Gasteiger partial charge in [0.25, 0.3) is 0 Å². The number of primary amides is 1. The van der Waals surface area contributed by atoms with Gasteiger partial charge in [-0.1, -0.05) is 0 Å². The maximum Gasteiger partial charge on any atom is 0.217 e. The minimum atomic E-state index is -0.353. The molecule has 0 bridgehead atoms. The van der Waals surface area contributed by atoms with Crippen LogP contribution >= 0.6 is 0 Å². The standard InChI is InChI=1S/2C4H9NO2/c1-4(7)5-2-3-6;5-4(7)2-1-3-6/h6H,2-3H2,1H3,(H,5,7);6H,1-3H2,(H2,5,7). The van der Waals surface area contributed by atoms with Crippen LogP contribution in [0.4, 0.5) is 0 Å². The lowest BCUT2D eigenvalue weighted by Gasteiger charge is -1.93. The number of hydrogen-bond donors (Lipinski definition) is 4. The molecule has 0 heterocycles. The number of nitrogens with one attached hydrogen (secondary N) is 1. The van der Waals surface area contributed by atoms with E-state index in [0.29, 0.717) is 13.0 Å². The smallest absolute Gasteiger partial charge is 0.217 e. The molecule has 84 valence electrons. The van der Waals surface area contributed by atoms with Crippen molar-refractivity contribution in [2.24, 2.45) is 5.73 Å². The van der Waals surface area contributed by atoms with E-state index < -0.39 is 0 Å². The molecule has 0 fully saturated rings. The summed E-state index contributed by atoms with van der Waals surface area (Å²) < 4.78 is 0. The average Bonchev–Trinajstić information content (AvgIpc) is 2.12. The van der Waals surface area contributed by atoms with Crippen LogP contribution in [0.2, 0.25) is 0 Å². The van der Waals surface area contributed by atoms with Crippen LogP contribution < -0.4 is 11.1 Å². The molecule has 0 aliphatic rings. The summed E-state index contributed by atoms with van der Waals surface area (Å²) in [6.45, 7) is 1.83. The van der Waals surface area contributed by atoms with Crippen LogP contribution in [0.25, 0.3) is 0 Å². The van der Waals surface area contributed by atoms with Gasteiger partial charge in [0.2, 0.25) is 11.8 Å². The summed E-state index contributed by atoms with van der Waals surface area (Å²) in [6, 6.07) is 0. The maximum atomic E-state index is 9.98. The van der Waals surface area contributed by atoms with Crippen molar-refractivity contribution in [2.45, 2.75) is 19.8 Å². The molecule has 2 amide bonds. The van der Waals surface area contributed by atoms with Gasteiger partial charge in [-0.15, -0.1) is 0 Å². The van der Waals surface area contributed by atoms with Crippen molar-refractivity contribution in [2.75, 3.05) is 19.8 Å². The molecule has 14 heavy (non-hydrogen) atoms. The lowest BCUT2D eigenvalue weighted by Crippen LogP contribution is -2.22. The fourth-order valence-corrected chi connectivity index (χ4v) is 0.485. The molecule has 0 unspecified atom stereocenters. The Labute approximate surface area is 83.1 Å². The number of amides is 2. The van der Waals surface area contributed by atoms with Crippen LogP contribution in [0, 0.1) is 0 Å². The van der Waals surface area contributed by atoms with Crippen molar-refractivity contribution in [1.82, 2.24) is 5.32 Å². The normalized spacial score (nSPS) is 8.50. The zero-order valence-corrected chi connectivity index (χ0v) is 8.32. The molecular formula is C8H18N2O4. The topological polar surface area (TPSA) is 113 Å². The van der Waals surface area contributed by atoms with Gasteiger partial charge < -0.3 is 21.3 Å². The monoisotopic (exact) mass is 206 g/mol. The molecule has 0 aromatic rings. The molecule has 0 radical (unpaired) electrons. The van der Waals surface area contributed by atoms with E-state index >= 15 is 0 Å². The predicted octanol–water partition coefficient (Wildman–Crippen LogP) is -1.64. The number of carbonyl (C=O) groups excluding carboxylic acids is 2. The summed E-state index contributed by atoms with van der Waals surface area (Å²) >= 11 is 0. The molecule has 0 rings (SSSR count). The SMILES string of the molecule is CC(=O)NCCO.NC(=O)CCCO. The number of nitrogens with two attached hydrogens (primary N) is 1. The van der Waals surface area contributed by atoms with Gasteiger partial charge in [0.15, 0.2) is 0 Å². The van der Waals surface area contributed by atoms with Gasteiger partial charge in [-0.05, 0) is 6.42 Å². The predicted molar refractivity (Wildman–Crippen MR) is 51.3 cm³/mol. The Balaban J connectivity index is 0. The summed E-state index contributed by atoms with van der Waals surface area (Å²) in [5.74, 6) is -0.455. The first kappa shape index (κ1) is 15.3. The van der Waals surface area contributed by atoms with Crippen molar-refractivity contribution in [3.05, 3.63) is 0 Å². The molecular weight excluding hydrogens is 188 g/mol. The minimum Gasteiger partial charge on any atom is -0.396 e. The lowest BCUT2D eigenvalue weighted by molar-refractivity contribution is -0.119. The fourth-order valence-electron chi connectivity index (χ4n) is 0.485.